The van der Waals surface area contributed by atoms with E-state index in [-0.39, 0.29) is 18.6 Å². The van der Waals surface area contributed by atoms with Crippen molar-refractivity contribution < 1.29 is 19.4 Å². The van der Waals surface area contributed by atoms with Crippen molar-refractivity contribution in [1.29, 1.82) is 0 Å². The highest BCUT2D eigenvalue weighted by Gasteiger charge is 2.32. The number of ether oxygens (including phenoxy) is 1. The van der Waals surface area contributed by atoms with Crippen molar-refractivity contribution in [3.63, 3.8) is 0 Å². The Morgan fingerprint density at radius 3 is 2.73 bits per heavy atom. The molecule has 120 valence electrons. The summed E-state index contributed by atoms with van der Waals surface area (Å²) in [6.45, 7) is 6.40. The van der Waals surface area contributed by atoms with Gasteiger partial charge in [0.2, 0.25) is 5.91 Å². The van der Waals surface area contributed by atoms with E-state index in [2.05, 4.69) is 6.07 Å². The van der Waals surface area contributed by atoms with E-state index in [1.54, 1.807) is 11.8 Å². The zero-order valence-electron chi connectivity index (χ0n) is 13.0. The molecule has 2 atom stereocenters. The Labute approximate surface area is 134 Å². The third-order valence-electron chi connectivity index (χ3n) is 3.57. The highest BCUT2D eigenvalue weighted by Crippen LogP contribution is 2.24. The Kier molecular flexibility index (Phi) is 5.47. The second kappa shape index (κ2) is 7.15. The lowest BCUT2D eigenvalue weighted by Gasteiger charge is -2.34. The number of amides is 1. The number of rotatable bonds is 4. The van der Waals surface area contributed by atoms with E-state index in [4.69, 9.17) is 9.84 Å². The summed E-state index contributed by atoms with van der Waals surface area (Å²) >= 11 is 1.49. The van der Waals surface area contributed by atoms with Crippen molar-refractivity contribution >= 4 is 23.6 Å². The molecule has 1 amide bonds. The molecule has 1 aromatic rings. The monoisotopic (exact) mass is 323 g/mol. The highest BCUT2D eigenvalue weighted by molar-refractivity contribution is 8.00. The number of hydrogen-bond donors (Lipinski definition) is 1. The van der Waals surface area contributed by atoms with Crippen LogP contribution in [0, 0.1) is 13.8 Å². The van der Waals surface area contributed by atoms with Gasteiger partial charge in [0.15, 0.2) is 6.10 Å². The summed E-state index contributed by atoms with van der Waals surface area (Å²) in [4.78, 5) is 26.0. The Bertz CT molecular complexity index is 575. The first kappa shape index (κ1) is 16.8. The van der Waals surface area contributed by atoms with Crippen LogP contribution < -0.4 is 0 Å². The summed E-state index contributed by atoms with van der Waals surface area (Å²) in [6.07, 6.45) is -1.19. The molecule has 6 heteroatoms. The second-order valence-corrected chi connectivity index (χ2v) is 6.65. The van der Waals surface area contributed by atoms with Crippen LogP contribution in [0.4, 0.5) is 0 Å². The van der Waals surface area contributed by atoms with E-state index in [1.807, 2.05) is 26.0 Å². The highest BCUT2D eigenvalue weighted by atomic mass is 32.2. The van der Waals surface area contributed by atoms with Gasteiger partial charge in [-0.25, -0.2) is 4.79 Å². The molecule has 1 aliphatic rings. The van der Waals surface area contributed by atoms with Gasteiger partial charge in [-0.05, 0) is 32.4 Å². The van der Waals surface area contributed by atoms with Crippen molar-refractivity contribution in [2.45, 2.75) is 37.9 Å². The summed E-state index contributed by atoms with van der Waals surface area (Å²) in [5.74, 6) is -0.763. The maximum absolute atomic E-state index is 12.3. The summed E-state index contributed by atoms with van der Waals surface area (Å²) in [7, 11) is 0. The fraction of sp³-hybridized carbons (Fsp3) is 0.500. The Hall–Kier alpha value is -1.53. The molecule has 0 saturated carbocycles. The average Bonchev–Trinajstić information content (AvgIpc) is 2.45. The average molecular weight is 323 g/mol. The number of benzene rings is 1. The molecule has 1 saturated heterocycles. The van der Waals surface area contributed by atoms with E-state index >= 15 is 0 Å². The lowest BCUT2D eigenvalue weighted by atomic mass is 10.2. The third kappa shape index (κ3) is 4.24. The molecular formula is C16H21NO4S. The molecule has 1 unspecified atom stereocenters. The maximum atomic E-state index is 12.3. The van der Waals surface area contributed by atoms with Gasteiger partial charge < -0.3 is 14.7 Å². The Morgan fingerprint density at radius 2 is 2.09 bits per heavy atom. The molecule has 0 aromatic heterocycles. The molecule has 1 aromatic carbocycles. The molecule has 1 fully saturated rings. The van der Waals surface area contributed by atoms with Crippen molar-refractivity contribution in [1.82, 2.24) is 4.90 Å². The lowest BCUT2D eigenvalue weighted by molar-refractivity contribution is -0.165. The topological polar surface area (TPSA) is 66.8 Å². The first-order valence-electron chi connectivity index (χ1n) is 7.23. The fourth-order valence-electron chi connectivity index (χ4n) is 2.48. The molecule has 1 aliphatic heterocycles. The summed E-state index contributed by atoms with van der Waals surface area (Å²) in [5.41, 5.74) is 2.34. The van der Waals surface area contributed by atoms with Crippen LogP contribution in [0.3, 0.4) is 0 Å². The number of aryl methyl sites for hydroxylation is 2. The molecule has 0 aliphatic carbocycles. The van der Waals surface area contributed by atoms with Gasteiger partial charge in [-0.3, -0.25) is 4.79 Å². The molecular weight excluding hydrogens is 302 g/mol. The van der Waals surface area contributed by atoms with Crippen LogP contribution in [-0.2, 0) is 14.3 Å². The fourth-order valence-corrected chi connectivity index (χ4v) is 3.40. The normalized spacial score (nSPS) is 21.7. The van der Waals surface area contributed by atoms with Gasteiger partial charge in [-0.15, -0.1) is 11.8 Å². The lowest BCUT2D eigenvalue weighted by Crippen LogP contribution is -2.52. The number of carbonyl (C=O) groups excluding carboxylic acids is 1. The number of carbonyl (C=O) groups is 2. The number of carboxylic acid groups (broad SMARTS) is 1. The largest absolute Gasteiger partial charge is 0.479 e. The smallest absolute Gasteiger partial charge is 0.334 e. The van der Waals surface area contributed by atoms with Gasteiger partial charge in [-0.1, -0.05) is 17.7 Å². The first-order chi connectivity index (χ1) is 10.4. The SMILES string of the molecule is Cc1ccc(SCC(=O)N2CC(C(=O)O)O[C@H](C)C2)c(C)c1. The molecule has 0 bridgehead atoms. The number of carboxylic acids is 1. The number of nitrogens with zero attached hydrogens (tertiary/aromatic N) is 1. The van der Waals surface area contributed by atoms with E-state index in [0.717, 1.165) is 10.5 Å². The van der Waals surface area contributed by atoms with Crippen LogP contribution in [0.15, 0.2) is 23.1 Å². The molecule has 1 N–H and O–H groups in total. The van der Waals surface area contributed by atoms with Crippen LogP contribution in [-0.4, -0.2) is 52.9 Å². The number of morpholine rings is 1. The first-order valence-corrected chi connectivity index (χ1v) is 8.21. The van der Waals surface area contributed by atoms with Crippen molar-refractivity contribution in [3.8, 4) is 0 Å². The van der Waals surface area contributed by atoms with Crippen LogP contribution in [0.2, 0.25) is 0 Å². The van der Waals surface area contributed by atoms with Gasteiger partial charge in [-0.2, -0.15) is 0 Å². The van der Waals surface area contributed by atoms with Gasteiger partial charge >= 0.3 is 5.97 Å². The molecule has 22 heavy (non-hydrogen) atoms. The number of aliphatic carboxylic acids is 1. The Balaban J connectivity index is 1.95. The molecule has 0 spiro atoms. The van der Waals surface area contributed by atoms with Gasteiger partial charge in [0, 0.05) is 11.4 Å². The van der Waals surface area contributed by atoms with Crippen molar-refractivity contribution in [2.24, 2.45) is 0 Å². The van der Waals surface area contributed by atoms with E-state index in [1.165, 1.54) is 17.3 Å². The maximum Gasteiger partial charge on any atom is 0.334 e. The minimum absolute atomic E-state index is 0.0497. The second-order valence-electron chi connectivity index (χ2n) is 5.63. The summed E-state index contributed by atoms with van der Waals surface area (Å²) in [6, 6.07) is 6.13. The summed E-state index contributed by atoms with van der Waals surface area (Å²) < 4.78 is 5.32. The van der Waals surface area contributed by atoms with Gasteiger partial charge in [0.1, 0.15) is 0 Å². The molecule has 1 heterocycles. The van der Waals surface area contributed by atoms with Crippen LogP contribution >= 0.6 is 11.8 Å². The van der Waals surface area contributed by atoms with E-state index in [9.17, 15) is 9.59 Å². The molecule has 2 rings (SSSR count). The van der Waals surface area contributed by atoms with Crippen molar-refractivity contribution in [2.75, 3.05) is 18.8 Å². The van der Waals surface area contributed by atoms with Crippen LogP contribution in [0.25, 0.3) is 0 Å². The van der Waals surface area contributed by atoms with E-state index in [0.29, 0.717) is 12.3 Å². The minimum atomic E-state index is -1.02. The van der Waals surface area contributed by atoms with Crippen LogP contribution in [0.5, 0.6) is 0 Å². The van der Waals surface area contributed by atoms with Crippen LogP contribution in [0.1, 0.15) is 18.1 Å². The van der Waals surface area contributed by atoms with Gasteiger partial charge in [0.25, 0.3) is 0 Å². The standard InChI is InChI=1S/C16H21NO4S/c1-10-4-5-14(11(2)6-10)22-9-15(18)17-7-12(3)21-13(8-17)16(19)20/h4-6,12-13H,7-9H2,1-3H3,(H,19,20)/t12-,13?/m1/s1. The minimum Gasteiger partial charge on any atom is -0.479 e. The number of hydrogen-bond acceptors (Lipinski definition) is 4. The quantitative estimate of drug-likeness (QED) is 0.860. The zero-order chi connectivity index (χ0) is 16.3. The third-order valence-corrected chi connectivity index (χ3v) is 4.73. The predicted molar refractivity (Wildman–Crippen MR) is 85.2 cm³/mol. The van der Waals surface area contributed by atoms with Gasteiger partial charge in [0.05, 0.1) is 18.4 Å². The van der Waals surface area contributed by atoms with Crippen molar-refractivity contribution in [3.05, 3.63) is 29.3 Å². The Morgan fingerprint density at radius 1 is 1.36 bits per heavy atom. The van der Waals surface area contributed by atoms with E-state index < -0.39 is 12.1 Å². The predicted octanol–water partition coefficient (Wildman–Crippen LogP) is 2.10. The zero-order valence-corrected chi connectivity index (χ0v) is 13.9. The number of thioether (sulfide) groups is 1. The molecule has 0 radical (unpaired) electrons. The summed E-state index contributed by atoms with van der Waals surface area (Å²) in [5, 5.41) is 9.06. The molecule has 5 nitrogen and oxygen atoms in total.